The molecule has 0 spiro atoms. The molecule has 2 heteroatoms. The molecule has 1 N–H and O–H groups in total. The largest absolute Gasteiger partial charge is 0.382 e. The number of nitrogens with one attached hydrogen (secondary N) is 1. The topological polar surface area (TPSA) is 24.9 Å². The second-order valence-corrected chi connectivity index (χ2v) is 3.80. The Hall–Kier alpha value is -1.05. The van der Waals surface area contributed by atoms with Gasteiger partial charge in [-0.1, -0.05) is 13.8 Å². The Balaban J connectivity index is 2.75. The van der Waals surface area contributed by atoms with Gasteiger partial charge in [0.1, 0.15) is 0 Å². The van der Waals surface area contributed by atoms with Crippen molar-refractivity contribution in [2.24, 2.45) is 0 Å². The van der Waals surface area contributed by atoms with Crippen LogP contribution in [0.1, 0.15) is 38.1 Å². The molecule has 0 amide bonds. The molecule has 1 rings (SSSR count). The van der Waals surface area contributed by atoms with Crippen molar-refractivity contribution < 1.29 is 0 Å². The van der Waals surface area contributed by atoms with Crippen LogP contribution in [0, 0.1) is 13.8 Å². The van der Waals surface area contributed by atoms with Gasteiger partial charge in [-0.05, 0) is 38.8 Å². The summed E-state index contributed by atoms with van der Waals surface area (Å²) < 4.78 is 0. The summed E-state index contributed by atoms with van der Waals surface area (Å²) in [5, 5.41) is 3.52. The van der Waals surface area contributed by atoms with Gasteiger partial charge in [0.15, 0.2) is 0 Å². The van der Waals surface area contributed by atoms with E-state index in [2.05, 4.69) is 36.3 Å². The number of pyridine rings is 1. The summed E-state index contributed by atoms with van der Waals surface area (Å²) in [4.78, 5) is 4.35. The zero-order chi connectivity index (χ0) is 10.6. The molecule has 0 aliphatic rings. The smallest absolute Gasteiger partial charge is 0.0396 e. The Morgan fingerprint density at radius 2 is 1.64 bits per heavy atom. The number of hydrogen-bond acceptors (Lipinski definition) is 2. The Morgan fingerprint density at radius 3 is 2.07 bits per heavy atom. The summed E-state index contributed by atoms with van der Waals surface area (Å²) in [5.41, 5.74) is 3.36. The molecule has 1 heterocycles. The lowest BCUT2D eigenvalue weighted by molar-refractivity contribution is 0.671. The van der Waals surface area contributed by atoms with Crippen LogP contribution in [0.4, 0.5) is 5.69 Å². The van der Waals surface area contributed by atoms with Crippen LogP contribution in [-0.4, -0.2) is 11.0 Å². The molecule has 1 aromatic heterocycles. The van der Waals surface area contributed by atoms with E-state index in [4.69, 9.17) is 0 Å². The first-order valence-corrected chi connectivity index (χ1v) is 5.37. The number of nitrogens with zero attached hydrogens (tertiary/aromatic N) is 1. The van der Waals surface area contributed by atoms with E-state index in [1.807, 2.05) is 13.8 Å². The van der Waals surface area contributed by atoms with Gasteiger partial charge in [-0.15, -0.1) is 0 Å². The highest BCUT2D eigenvalue weighted by Gasteiger charge is 2.03. The zero-order valence-electron chi connectivity index (χ0n) is 9.59. The van der Waals surface area contributed by atoms with E-state index in [1.54, 1.807) is 0 Å². The SMILES string of the molecule is CCC(CC)Nc1cc(C)nc(C)c1. The van der Waals surface area contributed by atoms with E-state index in [-0.39, 0.29) is 0 Å². The fourth-order valence-corrected chi connectivity index (χ4v) is 1.65. The summed E-state index contributed by atoms with van der Waals surface area (Å²) in [5.74, 6) is 0. The van der Waals surface area contributed by atoms with Crippen LogP contribution in [0.15, 0.2) is 12.1 Å². The second kappa shape index (κ2) is 4.99. The Bertz CT molecular complexity index is 270. The minimum absolute atomic E-state index is 0.580. The van der Waals surface area contributed by atoms with Crippen molar-refractivity contribution in [3.63, 3.8) is 0 Å². The standard InChI is InChI=1S/C12H20N2/c1-5-11(6-2)14-12-7-9(3)13-10(4)8-12/h7-8,11H,5-6H2,1-4H3,(H,13,14). The molecule has 0 aliphatic heterocycles. The van der Waals surface area contributed by atoms with Crippen LogP contribution < -0.4 is 5.32 Å². The number of rotatable bonds is 4. The van der Waals surface area contributed by atoms with Gasteiger partial charge in [0, 0.05) is 23.1 Å². The van der Waals surface area contributed by atoms with Crippen molar-refractivity contribution in [3.8, 4) is 0 Å². The molecule has 14 heavy (non-hydrogen) atoms. The zero-order valence-corrected chi connectivity index (χ0v) is 9.59. The molecule has 0 radical (unpaired) electrons. The maximum Gasteiger partial charge on any atom is 0.0396 e. The van der Waals surface area contributed by atoms with E-state index in [1.165, 1.54) is 5.69 Å². The predicted molar refractivity (Wildman–Crippen MR) is 61.7 cm³/mol. The van der Waals surface area contributed by atoms with Gasteiger partial charge in [-0.25, -0.2) is 0 Å². The first-order valence-electron chi connectivity index (χ1n) is 5.37. The highest BCUT2D eigenvalue weighted by atomic mass is 14.9. The molecule has 0 fully saturated rings. The Kier molecular flexibility index (Phi) is 3.93. The molecule has 0 aliphatic carbocycles. The maximum atomic E-state index is 4.35. The third-order valence-electron chi connectivity index (χ3n) is 2.44. The highest BCUT2D eigenvalue weighted by Crippen LogP contribution is 2.14. The van der Waals surface area contributed by atoms with Crippen molar-refractivity contribution in [1.29, 1.82) is 0 Å². The third kappa shape index (κ3) is 3.02. The van der Waals surface area contributed by atoms with Crippen LogP contribution in [-0.2, 0) is 0 Å². The summed E-state index contributed by atoms with van der Waals surface area (Å²) in [7, 11) is 0. The van der Waals surface area contributed by atoms with Crippen LogP contribution in [0.3, 0.4) is 0 Å². The van der Waals surface area contributed by atoms with Crippen molar-refractivity contribution >= 4 is 5.69 Å². The minimum Gasteiger partial charge on any atom is -0.382 e. The van der Waals surface area contributed by atoms with Gasteiger partial charge >= 0.3 is 0 Å². The Morgan fingerprint density at radius 1 is 1.14 bits per heavy atom. The number of hydrogen-bond donors (Lipinski definition) is 1. The molecular weight excluding hydrogens is 172 g/mol. The molecule has 78 valence electrons. The Labute approximate surface area is 86.8 Å². The lowest BCUT2D eigenvalue weighted by Crippen LogP contribution is -2.17. The number of anilines is 1. The van der Waals surface area contributed by atoms with Crippen LogP contribution in [0.2, 0.25) is 0 Å². The van der Waals surface area contributed by atoms with Gasteiger partial charge in [0.25, 0.3) is 0 Å². The predicted octanol–water partition coefficient (Wildman–Crippen LogP) is 3.30. The quantitative estimate of drug-likeness (QED) is 0.791. The first kappa shape index (κ1) is 11.0. The van der Waals surface area contributed by atoms with Gasteiger partial charge < -0.3 is 5.32 Å². The molecule has 0 aromatic carbocycles. The van der Waals surface area contributed by atoms with Crippen molar-refractivity contribution in [2.45, 2.75) is 46.6 Å². The van der Waals surface area contributed by atoms with E-state index >= 15 is 0 Å². The lowest BCUT2D eigenvalue weighted by atomic mass is 10.1. The monoisotopic (exact) mass is 192 g/mol. The van der Waals surface area contributed by atoms with Gasteiger partial charge in [0.2, 0.25) is 0 Å². The summed E-state index contributed by atoms with van der Waals surface area (Å²) in [6.45, 7) is 8.49. The molecular formula is C12H20N2. The van der Waals surface area contributed by atoms with Crippen LogP contribution >= 0.6 is 0 Å². The molecule has 0 saturated carbocycles. The number of aromatic nitrogens is 1. The minimum atomic E-state index is 0.580. The molecule has 0 bridgehead atoms. The van der Waals surface area contributed by atoms with Crippen LogP contribution in [0.25, 0.3) is 0 Å². The summed E-state index contributed by atoms with van der Waals surface area (Å²) in [6.07, 6.45) is 2.33. The molecule has 0 saturated heterocycles. The van der Waals surface area contributed by atoms with E-state index in [9.17, 15) is 0 Å². The van der Waals surface area contributed by atoms with Crippen molar-refractivity contribution in [1.82, 2.24) is 4.98 Å². The molecule has 0 unspecified atom stereocenters. The first-order chi connectivity index (χ1) is 6.65. The third-order valence-corrected chi connectivity index (χ3v) is 2.44. The molecule has 1 aromatic rings. The molecule has 2 nitrogen and oxygen atoms in total. The fraction of sp³-hybridized carbons (Fsp3) is 0.583. The lowest BCUT2D eigenvalue weighted by Gasteiger charge is -2.16. The average molecular weight is 192 g/mol. The normalized spacial score (nSPS) is 10.6. The van der Waals surface area contributed by atoms with Gasteiger partial charge in [-0.2, -0.15) is 0 Å². The van der Waals surface area contributed by atoms with E-state index < -0.39 is 0 Å². The van der Waals surface area contributed by atoms with Gasteiger partial charge in [-0.3, -0.25) is 4.98 Å². The van der Waals surface area contributed by atoms with Crippen molar-refractivity contribution in [3.05, 3.63) is 23.5 Å². The maximum absolute atomic E-state index is 4.35. The highest BCUT2D eigenvalue weighted by molar-refractivity contribution is 5.45. The fourth-order valence-electron chi connectivity index (χ4n) is 1.65. The molecule has 0 atom stereocenters. The van der Waals surface area contributed by atoms with Crippen LogP contribution in [0.5, 0.6) is 0 Å². The summed E-state index contributed by atoms with van der Waals surface area (Å²) in [6, 6.07) is 4.78. The van der Waals surface area contributed by atoms with E-state index in [0.717, 1.165) is 24.2 Å². The average Bonchev–Trinajstić information content (AvgIpc) is 2.12. The number of aryl methyl sites for hydroxylation is 2. The van der Waals surface area contributed by atoms with Gasteiger partial charge in [0.05, 0.1) is 0 Å². The van der Waals surface area contributed by atoms with E-state index in [0.29, 0.717) is 6.04 Å². The van der Waals surface area contributed by atoms with Crippen molar-refractivity contribution in [2.75, 3.05) is 5.32 Å². The summed E-state index contributed by atoms with van der Waals surface area (Å²) >= 11 is 0. The second-order valence-electron chi connectivity index (χ2n) is 3.80.